The van der Waals surface area contributed by atoms with Crippen LogP contribution >= 0.6 is 0 Å². The van der Waals surface area contributed by atoms with Gasteiger partial charge in [0.05, 0.1) is 17.4 Å². The molecular weight excluding hydrogens is 395 g/mol. The number of benzene rings is 3. The molecule has 0 bridgehead atoms. The minimum atomic E-state index is -0.648. The molecule has 0 atom stereocenters. The second kappa shape index (κ2) is 8.44. The van der Waals surface area contributed by atoms with Crippen molar-refractivity contribution in [2.24, 2.45) is 0 Å². The van der Waals surface area contributed by atoms with Crippen molar-refractivity contribution in [1.29, 1.82) is 0 Å². The normalized spacial score (nSPS) is 13.9. The van der Waals surface area contributed by atoms with E-state index in [0.29, 0.717) is 17.0 Å². The Morgan fingerprint density at radius 2 is 1.48 bits per heavy atom. The highest BCUT2D eigenvalue weighted by Gasteiger charge is 2.41. The van der Waals surface area contributed by atoms with Gasteiger partial charge in [-0.25, -0.2) is 9.29 Å². The van der Waals surface area contributed by atoms with Crippen molar-refractivity contribution < 1.29 is 18.7 Å². The fourth-order valence-electron chi connectivity index (χ4n) is 3.40. The largest absolute Gasteiger partial charge is 0.491 e. The zero-order valence-electron chi connectivity index (χ0n) is 17.1. The van der Waals surface area contributed by atoms with Gasteiger partial charge in [0.2, 0.25) is 0 Å². The van der Waals surface area contributed by atoms with Crippen molar-refractivity contribution in [3.8, 4) is 5.75 Å². The minimum absolute atomic E-state index is 0.00612. The number of carbonyl (C=O) groups excluding carboxylic acids is 2. The number of anilines is 2. The highest BCUT2D eigenvalue weighted by atomic mass is 19.1. The van der Waals surface area contributed by atoms with E-state index in [1.54, 1.807) is 42.5 Å². The van der Waals surface area contributed by atoms with Gasteiger partial charge in [0, 0.05) is 5.69 Å². The van der Waals surface area contributed by atoms with Gasteiger partial charge in [0.1, 0.15) is 17.3 Å². The summed E-state index contributed by atoms with van der Waals surface area (Å²) >= 11 is 0. The molecule has 5 nitrogen and oxygen atoms in total. The highest BCUT2D eigenvalue weighted by Crippen LogP contribution is 2.35. The number of nitrogens with zero attached hydrogens (tertiary/aromatic N) is 1. The van der Waals surface area contributed by atoms with Gasteiger partial charge in [0.15, 0.2) is 0 Å². The molecule has 0 aromatic heterocycles. The van der Waals surface area contributed by atoms with Crippen molar-refractivity contribution in [3.63, 3.8) is 0 Å². The zero-order valence-corrected chi connectivity index (χ0v) is 17.1. The fraction of sp³-hybridized carbons (Fsp3) is 0.120. The monoisotopic (exact) mass is 416 g/mol. The van der Waals surface area contributed by atoms with E-state index in [0.717, 1.165) is 4.90 Å². The van der Waals surface area contributed by atoms with E-state index in [1.165, 1.54) is 18.2 Å². The number of para-hydroxylation sites is 2. The number of ether oxygens (including phenoxy) is 1. The van der Waals surface area contributed by atoms with Gasteiger partial charge in [-0.2, -0.15) is 0 Å². The molecule has 1 aliphatic rings. The molecule has 0 aliphatic carbocycles. The Balaban J connectivity index is 1.79. The molecule has 0 fully saturated rings. The van der Waals surface area contributed by atoms with E-state index in [-0.39, 0.29) is 23.1 Å². The topological polar surface area (TPSA) is 58.6 Å². The molecular formula is C25H21FN2O3. The quantitative estimate of drug-likeness (QED) is 0.574. The average Bonchev–Trinajstić information content (AvgIpc) is 2.99. The van der Waals surface area contributed by atoms with Gasteiger partial charge in [-0.1, -0.05) is 42.5 Å². The Labute approximate surface area is 179 Å². The molecule has 31 heavy (non-hydrogen) atoms. The molecule has 6 heteroatoms. The number of hydrogen-bond donors (Lipinski definition) is 1. The van der Waals surface area contributed by atoms with Crippen LogP contribution in [0.5, 0.6) is 5.75 Å². The maximum absolute atomic E-state index is 14.4. The number of nitrogens with one attached hydrogen (secondary N) is 1. The van der Waals surface area contributed by atoms with Gasteiger partial charge in [0.25, 0.3) is 11.8 Å². The van der Waals surface area contributed by atoms with Crippen LogP contribution in [0, 0.1) is 5.82 Å². The summed E-state index contributed by atoms with van der Waals surface area (Å²) < 4.78 is 20.1. The van der Waals surface area contributed by atoms with Crippen molar-refractivity contribution in [2.75, 3.05) is 10.2 Å². The first-order valence-corrected chi connectivity index (χ1v) is 9.92. The molecule has 1 aliphatic heterocycles. The Morgan fingerprint density at radius 1 is 0.839 bits per heavy atom. The minimum Gasteiger partial charge on any atom is -0.491 e. The first kappa shape index (κ1) is 20.3. The van der Waals surface area contributed by atoms with Crippen LogP contribution in [-0.2, 0) is 9.59 Å². The number of carbonyl (C=O) groups is 2. The van der Waals surface area contributed by atoms with Crippen molar-refractivity contribution in [1.82, 2.24) is 0 Å². The lowest BCUT2D eigenvalue weighted by Crippen LogP contribution is -2.33. The second-order valence-corrected chi connectivity index (χ2v) is 7.33. The van der Waals surface area contributed by atoms with E-state index in [4.69, 9.17) is 4.74 Å². The van der Waals surface area contributed by atoms with E-state index < -0.39 is 17.6 Å². The second-order valence-electron chi connectivity index (χ2n) is 7.33. The van der Waals surface area contributed by atoms with E-state index in [2.05, 4.69) is 5.32 Å². The molecule has 0 saturated heterocycles. The smallest absolute Gasteiger partial charge is 0.282 e. The fourth-order valence-corrected chi connectivity index (χ4v) is 3.40. The summed E-state index contributed by atoms with van der Waals surface area (Å²) in [5.74, 6) is -1.20. The van der Waals surface area contributed by atoms with Crippen LogP contribution in [0.2, 0.25) is 0 Å². The Hall–Kier alpha value is -3.93. The summed E-state index contributed by atoms with van der Waals surface area (Å²) in [4.78, 5) is 27.5. The van der Waals surface area contributed by atoms with Crippen LogP contribution in [-0.4, -0.2) is 17.9 Å². The molecule has 0 radical (unpaired) electrons. The number of rotatable bonds is 6. The third kappa shape index (κ3) is 4.05. The van der Waals surface area contributed by atoms with Crippen LogP contribution in [0.1, 0.15) is 19.4 Å². The lowest BCUT2D eigenvalue weighted by atomic mass is 10.0. The third-order valence-corrected chi connectivity index (χ3v) is 4.74. The SMILES string of the molecule is CC(C)Oc1ccc(C2=C(Nc3ccccc3)C(=O)N(c3ccccc3F)C2=O)cc1. The molecule has 0 unspecified atom stereocenters. The number of imide groups is 1. The van der Waals surface area contributed by atoms with E-state index in [9.17, 15) is 14.0 Å². The van der Waals surface area contributed by atoms with Crippen LogP contribution < -0.4 is 15.0 Å². The summed E-state index contributed by atoms with van der Waals surface area (Å²) in [6.07, 6.45) is 0.00612. The zero-order chi connectivity index (χ0) is 22.0. The van der Waals surface area contributed by atoms with Crippen molar-refractivity contribution in [3.05, 3.63) is 95.9 Å². The molecule has 2 amide bonds. The summed E-state index contributed by atoms with van der Waals surface area (Å²) in [6.45, 7) is 3.84. The van der Waals surface area contributed by atoms with Crippen molar-refractivity contribution >= 4 is 28.8 Å². The Morgan fingerprint density at radius 3 is 2.13 bits per heavy atom. The van der Waals surface area contributed by atoms with Crippen LogP contribution in [0.4, 0.5) is 15.8 Å². The predicted molar refractivity (Wildman–Crippen MR) is 118 cm³/mol. The number of hydrogen-bond acceptors (Lipinski definition) is 4. The molecule has 3 aromatic carbocycles. The van der Waals surface area contributed by atoms with E-state index in [1.807, 2.05) is 32.0 Å². The van der Waals surface area contributed by atoms with Gasteiger partial charge < -0.3 is 10.1 Å². The lowest BCUT2D eigenvalue weighted by Gasteiger charge is -2.16. The molecule has 1 N–H and O–H groups in total. The predicted octanol–water partition coefficient (Wildman–Crippen LogP) is 5.01. The van der Waals surface area contributed by atoms with Crippen molar-refractivity contribution in [2.45, 2.75) is 20.0 Å². The summed E-state index contributed by atoms with van der Waals surface area (Å²) in [5.41, 5.74) is 1.36. The first-order chi connectivity index (χ1) is 15.0. The third-order valence-electron chi connectivity index (χ3n) is 4.74. The van der Waals surface area contributed by atoms with Gasteiger partial charge in [-0.3, -0.25) is 9.59 Å². The average molecular weight is 416 g/mol. The molecule has 0 spiro atoms. The van der Waals surface area contributed by atoms with Crippen LogP contribution in [0.25, 0.3) is 5.57 Å². The summed E-state index contributed by atoms with van der Waals surface area (Å²) in [7, 11) is 0. The Bertz CT molecular complexity index is 1150. The van der Waals surface area contributed by atoms with Gasteiger partial charge in [-0.15, -0.1) is 0 Å². The maximum atomic E-state index is 14.4. The summed E-state index contributed by atoms with van der Waals surface area (Å²) in [5, 5.41) is 3.05. The molecule has 4 rings (SSSR count). The highest BCUT2D eigenvalue weighted by molar-refractivity contribution is 6.46. The standard InChI is InChI=1S/C25H21FN2O3/c1-16(2)31-19-14-12-17(13-15-19)22-23(27-18-8-4-3-5-9-18)25(30)28(24(22)29)21-11-7-6-10-20(21)26/h3-16,27H,1-2H3. The van der Waals surface area contributed by atoms with Crippen LogP contribution in [0.3, 0.4) is 0 Å². The maximum Gasteiger partial charge on any atom is 0.282 e. The molecule has 0 saturated carbocycles. The van der Waals surface area contributed by atoms with E-state index >= 15 is 0 Å². The van der Waals surface area contributed by atoms with Crippen LogP contribution in [0.15, 0.2) is 84.6 Å². The molecule has 1 heterocycles. The molecule has 156 valence electrons. The molecule has 3 aromatic rings. The van der Waals surface area contributed by atoms with Gasteiger partial charge in [-0.05, 0) is 55.8 Å². The first-order valence-electron chi connectivity index (χ1n) is 9.92. The summed E-state index contributed by atoms with van der Waals surface area (Å²) in [6, 6.07) is 21.7. The Kier molecular flexibility index (Phi) is 5.54. The number of halogens is 1. The lowest BCUT2D eigenvalue weighted by molar-refractivity contribution is -0.120. The van der Waals surface area contributed by atoms with Gasteiger partial charge >= 0.3 is 0 Å². The number of amides is 2.